The molecule has 0 aliphatic carbocycles. The molecule has 1 heterocycles. The van der Waals surface area contributed by atoms with Crippen LogP contribution in [0.5, 0.6) is 0 Å². The normalized spacial score (nSPS) is 17.4. The van der Waals surface area contributed by atoms with E-state index in [4.69, 9.17) is 4.74 Å². The first kappa shape index (κ1) is 22.5. The van der Waals surface area contributed by atoms with E-state index in [-0.39, 0.29) is 5.92 Å². The maximum absolute atomic E-state index is 11.2. The average molecular weight is 410 g/mol. The van der Waals surface area contributed by atoms with Crippen LogP contribution in [0.25, 0.3) is 0 Å². The van der Waals surface area contributed by atoms with Crippen molar-refractivity contribution in [3.05, 3.63) is 70.8 Å². The third-order valence-corrected chi connectivity index (χ3v) is 6.30. The molecular weight excluding hydrogens is 374 g/mol. The molecule has 0 bridgehead atoms. The Kier molecular flexibility index (Phi) is 8.47. The van der Waals surface area contributed by atoms with Gasteiger partial charge in [-0.2, -0.15) is 0 Å². The number of aliphatic carboxylic acids is 1. The molecule has 0 aromatic heterocycles. The molecule has 2 aromatic carbocycles. The molecule has 162 valence electrons. The zero-order chi connectivity index (χ0) is 21.3. The van der Waals surface area contributed by atoms with Crippen LogP contribution in [-0.2, 0) is 9.53 Å². The fourth-order valence-electron chi connectivity index (χ4n) is 4.59. The average Bonchev–Trinajstić information content (AvgIpc) is 2.75. The van der Waals surface area contributed by atoms with Crippen molar-refractivity contribution in [2.24, 2.45) is 5.92 Å². The highest BCUT2D eigenvalue weighted by Gasteiger charge is 2.24. The Morgan fingerprint density at radius 2 is 1.70 bits per heavy atom. The van der Waals surface area contributed by atoms with Crippen LogP contribution in [0.3, 0.4) is 0 Å². The molecule has 1 N–H and O–H groups in total. The highest BCUT2D eigenvalue weighted by molar-refractivity contribution is 5.70. The van der Waals surface area contributed by atoms with E-state index in [0.717, 1.165) is 52.0 Å². The SMILES string of the molecule is Cc1ccccc1C(CCOCCCN1CCC[C@@H](C(=O)O)C1)c1ccccc1C. The first-order valence-electron chi connectivity index (χ1n) is 11.2. The number of ether oxygens (including phenoxy) is 1. The van der Waals surface area contributed by atoms with Crippen LogP contribution < -0.4 is 0 Å². The molecular formula is C26H35NO3. The number of carboxylic acids is 1. The van der Waals surface area contributed by atoms with Crippen LogP contribution in [0.4, 0.5) is 0 Å². The van der Waals surface area contributed by atoms with E-state index in [2.05, 4.69) is 67.3 Å². The second-order valence-electron chi connectivity index (χ2n) is 8.50. The summed E-state index contributed by atoms with van der Waals surface area (Å²) in [6.07, 6.45) is 3.69. The Bertz CT molecular complexity index is 774. The van der Waals surface area contributed by atoms with Crippen molar-refractivity contribution in [3.8, 4) is 0 Å². The minimum Gasteiger partial charge on any atom is -0.481 e. The Hall–Kier alpha value is -2.17. The lowest BCUT2D eigenvalue weighted by Gasteiger charge is -2.30. The number of rotatable bonds is 10. The van der Waals surface area contributed by atoms with Gasteiger partial charge in [-0.3, -0.25) is 4.79 Å². The van der Waals surface area contributed by atoms with Gasteiger partial charge in [-0.05, 0) is 68.3 Å². The fraction of sp³-hybridized carbons (Fsp3) is 0.500. The second-order valence-corrected chi connectivity index (χ2v) is 8.50. The van der Waals surface area contributed by atoms with E-state index in [1.807, 2.05) is 0 Å². The van der Waals surface area contributed by atoms with Gasteiger partial charge in [-0.15, -0.1) is 0 Å². The second kappa shape index (κ2) is 11.3. The summed E-state index contributed by atoms with van der Waals surface area (Å²) < 4.78 is 6.01. The Morgan fingerprint density at radius 1 is 1.07 bits per heavy atom. The van der Waals surface area contributed by atoms with Crippen LogP contribution >= 0.6 is 0 Å². The molecule has 1 saturated heterocycles. The number of piperidine rings is 1. The number of aryl methyl sites for hydroxylation is 2. The molecule has 3 rings (SSSR count). The van der Waals surface area contributed by atoms with Crippen LogP contribution in [0, 0.1) is 19.8 Å². The minimum absolute atomic E-state index is 0.205. The number of benzene rings is 2. The highest BCUT2D eigenvalue weighted by atomic mass is 16.5. The lowest BCUT2D eigenvalue weighted by atomic mass is 9.84. The van der Waals surface area contributed by atoms with E-state index in [1.54, 1.807) is 0 Å². The smallest absolute Gasteiger partial charge is 0.307 e. The Balaban J connectivity index is 1.49. The lowest BCUT2D eigenvalue weighted by molar-refractivity contribution is -0.143. The lowest BCUT2D eigenvalue weighted by Crippen LogP contribution is -2.39. The molecule has 0 unspecified atom stereocenters. The number of hydrogen-bond donors (Lipinski definition) is 1. The van der Waals surface area contributed by atoms with E-state index in [0.29, 0.717) is 12.5 Å². The first-order valence-corrected chi connectivity index (χ1v) is 11.2. The molecule has 4 nitrogen and oxygen atoms in total. The summed E-state index contributed by atoms with van der Waals surface area (Å²) in [6.45, 7) is 8.43. The van der Waals surface area contributed by atoms with Gasteiger partial charge in [0.15, 0.2) is 0 Å². The number of carboxylic acid groups (broad SMARTS) is 1. The fourth-order valence-corrected chi connectivity index (χ4v) is 4.59. The Labute approximate surface area is 180 Å². The minimum atomic E-state index is -0.658. The molecule has 1 aliphatic heterocycles. The van der Waals surface area contributed by atoms with Crippen molar-refractivity contribution < 1.29 is 14.6 Å². The molecule has 4 heteroatoms. The van der Waals surface area contributed by atoms with Gasteiger partial charge in [-0.25, -0.2) is 0 Å². The van der Waals surface area contributed by atoms with E-state index in [9.17, 15) is 9.90 Å². The van der Waals surface area contributed by atoms with Gasteiger partial charge in [0, 0.05) is 32.2 Å². The first-order chi connectivity index (χ1) is 14.6. The van der Waals surface area contributed by atoms with Crippen molar-refractivity contribution >= 4 is 5.97 Å². The Morgan fingerprint density at radius 3 is 2.30 bits per heavy atom. The summed E-state index contributed by atoms with van der Waals surface area (Å²) in [7, 11) is 0. The predicted molar refractivity (Wildman–Crippen MR) is 121 cm³/mol. The summed E-state index contributed by atoms with van der Waals surface area (Å²) >= 11 is 0. The molecule has 0 spiro atoms. The zero-order valence-corrected chi connectivity index (χ0v) is 18.3. The summed E-state index contributed by atoms with van der Waals surface area (Å²) in [4.78, 5) is 13.5. The third-order valence-electron chi connectivity index (χ3n) is 6.30. The van der Waals surface area contributed by atoms with Gasteiger partial charge >= 0.3 is 5.97 Å². The number of likely N-dealkylation sites (tertiary alicyclic amines) is 1. The molecule has 0 saturated carbocycles. The van der Waals surface area contributed by atoms with Crippen LogP contribution in [0.15, 0.2) is 48.5 Å². The number of nitrogens with zero attached hydrogens (tertiary/aromatic N) is 1. The van der Waals surface area contributed by atoms with E-state index in [1.165, 1.54) is 22.3 Å². The maximum atomic E-state index is 11.2. The maximum Gasteiger partial charge on any atom is 0.307 e. The van der Waals surface area contributed by atoms with Gasteiger partial charge in [0.05, 0.1) is 5.92 Å². The monoisotopic (exact) mass is 409 g/mol. The van der Waals surface area contributed by atoms with Crippen LogP contribution in [0.2, 0.25) is 0 Å². The van der Waals surface area contributed by atoms with Crippen LogP contribution in [0.1, 0.15) is 53.9 Å². The quantitative estimate of drug-likeness (QED) is 0.559. The third kappa shape index (κ3) is 6.16. The van der Waals surface area contributed by atoms with Gasteiger partial charge in [-0.1, -0.05) is 48.5 Å². The standard InChI is InChI=1S/C26H35NO3/c1-20-9-3-5-12-23(20)25(24-13-6-4-10-21(24)2)14-18-30-17-8-16-27-15-7-11-22(19-27)26(28)29/h3-6,9-10,12-13,22,25H,7-8,11,14-19H2,1-2H3,(H,28,29)/t22-/m1/s1. The van der Waals surface area contributed by atoms with Crippen molar-refractivity contribution in [2.45, 2.75) is 45.4 Å². The summed E-state index contributed by atoms with van der Waals surface area (Å²) in [5.74, 6) is -0.524. The molecule has 1 fully saturated rings. The topological polar surface area (TPSA) is 49.8 Å². The zero-order valence-electron chi connectivity index (χ0n) is 18.3. The van der Waals surface area contributed by atoms with Gasteiger partial charge in [0.1, 0.15) is 0 Å². The van der Waals surface area contributed by atoms with Gasteiger partial charge in [0.25, 0.3) is 0 Å². The largest absolute Gasteiger partial charge is 0.481 e. The molecule has 30 heavy (non-hydrogen) atoms. The molecule has 1 atom stereocenters. The number of carbonyl (C=O) groups is 1. The van der Waals surface area contributed by atoms with E-state index >= 15 is 0 Å². The molecule has 0 radical (unpaired) electrons. The van der Waals surface area contributed by atoms with Crippen molar-refractivity contribution in [1.82, 2.24) is 4.90 Å². The van der Waals surface area contributed by atoms with Crippen molar-refractivity contribution in [2.75, 3.05) is 32.8 Å². The predicted octanol–water partition coefficient (Wildman–Crippen LogP) is 5.03. The molecule has 1 aliphatic rings. The van der Waals surface area contributed by atoms with Crippen LogP contribution in [-0.4, -0.2) is 48.8 Å². The number of hydrogen-bond acceptors (Lipinski definition) is 3. The summed E-state index contributed by atoms with van der Waals surface area (Å²) in [5, 5.41) is 9.23. The van der Waals surface area contributed by atoms with Gasteiger partial charge < -0.3 is 14.7 Å². The summed E-state index contributed by atoms with van der Waals surface area (Å²) in [5.41, 5.74) is 5.40. The molecule has 2 aromatic rings. The highest BCUT2D eigenvalue weighted by Crippen LogP contribution is 2.32. The van der Waals surface area contributed by atoms with Gasteiger partial charge in [0.2, 0.25) is 0 Å². The molecule has 0 amide bonds. The van der Waals surface area contributed by atoms with Crippen molar-refractivity contribution in [3.63, 3.8) is 0 Å². The van der Waals surface area contributed by atoms with Crippen molar-refractivity contribution in [1.29, 1.82) is 0 Å². The summed E-state index contributed by atoms with van der Waals surface area (Å²) in [6, 6.07) is 17.3. The van der Waals surface area contributed by atoms with E-state index < -0.39 is 5.97 Å².